The van der Waals surface area contributed by atoms with Crippen molar-refractivity contribution in [2.75, 3.05) is 13.2 Å². The summed E-state index contributed by atoms with van der Waals surface area (Å²) in [7, 11) is 0. The second-order valence-electron chi connectivity index (χ2n) is 6.34. The van der Waals surface area contributed by atoms with E-state index in [4.69, 9.17) is 4.74 Å². The largest absolute Gasteiger partial charge is 0.376 e. The molecule has 2 unspecified atom stereocenters. The van der Waals surface area contributed by atoms with E-state index in [9.17, 15) is 9.59 Å². The zero-order chi connectivity index (χ0) is 14.2. The summed E-state index contributed by atoms with van der Waals surface area (Å²) >= 11 is 0. The molecule has 0 radical (unpaired) electrons. The maximum absolute atomic E-state index is 12.6. The van der Waals surface area contributed by atoms with E-state index in [1.165, 1.54) is 0 Å². The van der Waals surface area contributed by atoms with Gasteiger partial charge in [-0.05, 0) is 32.6 Å². The van der Waals surface area contributed by atoms with Crippen molar-refractivity contribution in [1.29, 1.82) is 0 Å². The molecule has 0 aliphatic carbocycles. The number of piperazine rings is 1. The van der Waals surface area contributed by atoms with Crippen LogP contribution in [-0.4, -0.2) is 47.6 Å². The van der Waals surface area contributed by atoms with Gasteiger partial charge in [0.2, 0.25) is 11.8 Å². The first-order valence-corrected chi connectivity index (χ1v) is 7.08. The maximum Gasteiger partial charge on any atom is 0.246 e. The Balaban J connectivity index is 2.19. The summed E-state index contributed by atoms with van der Waals surface area (Å²) < 4.78 is 5.60. The Morgan fingerprint density at radius 3 is 2.63 bits per heavy atom. The lowest BCUT2D eigenvalue weighted by Crippen LogP contribution is -2.70. The smallest absolute Gasteiger partial charge is 0.246 e. The summed E-state index contributed by atoms with van der Waals surface area (Å²) in [6.07, 6.45) is 2.07. The van der Waals surface area contributed by atoms with Crippen LogP contribution in [0.3, 0.4) is 0 Å². The summed E-state index contributed by atoms with van der Waals surface area (Å²) in [6, 6.07) is -0.415. The van der Waals surface area contributed by atoms with E-state index in [1.807, 2.05) is 13.8 Å². The topological polar surface area (TPSA) is 58.6 Å². The fourth-order valence-corrected chi connectivity index (χ4v) is 2.71. The van der Waals surface area contributed by atoms with Crippen molar-refractivity contribution in [3.05, 3.63) is 0 Å². The number of nitrogens with one attached hydrogen (secondary N) is 1. The fourth-order valence-electron chi connectivity index (χ4n) is 2.71. The SMILES string of the molecule is CC(C)C1NC(=O)C(C)(C)N(CC2CCCO2)C1=O. The van der Waals surface area contributed by atoms with Crippen LogP contribution < -0.4 is 5.32 Å². The Kier molecular flexibility index (Phi) is 3.85. The number of amides is 2. The van der Waals surface area contributed by atoms with Crippen LogP contribution in [0.4, 0.5) is 0 Å². The van der Waals surface area contributed by atoms with Crippen LogP contribution >= 0.6 is 0 Å². The molecule has 5 nitrogen and oxygen atoms in total. The molecule has 2 aliphatic rings. The van der Waals surface area contributed by atoms with Crippen molar-refractivity contribution < 1.29 is 14.3 Å². The van der Waals surface area contributed by atoms with Gasteiger partial charge in [0, 0.05) is 13.2 Å². The Morgan fingerprint density at radius 1 is 1.42 bits per heavy atom. The van der Waals surface area contributed by atoms with E-state index >= 15 is 0 Å². The molecule has 19 heavy (non-hydrogen) atoms. The molecule has 1 N–H and O–H groups in total. The molecule has 2 amide bonds. The van der Waals surface area contributed by atoms with Crippen molar-refractivity contribution >= 4 is 11.8 Å². The molecule has 2 fully saturated rings. The second-order valence-corrected chi connectivity index (χ2v) is 6.34. The van der Waals surface area contributed by atoms with Gasteiger partial charge in [-0.2, -0.15) is 0 Å². The molecule has 0 bridgehead atoms. The Hall–Kier alpha value is -1.10. The van der Waals surface area contributed by atoms with Gasteiger partial charge in [-0.3, -0.25) is 9.59 Å². The van der Waals surface area contributed by atoms with Crippen molar-refractivity contribution in [2.45, 2.75) is 58.2 Å². The highest BCUT2D eigenvalue weighted by molar-refractivity contribution is 5.99. The standard InChI is InChI=1S/C14H24N2O3/c1-9(2)11-12(17)16(8-10-6-5-7-19-10)14(3,4)13(18)15-11/h9-11H,5-8H2,1-4H3,(H,15,18). The minimum atomic E-state index is -0.797. The first-order chi connectivity index (χ1) is 8.84. The number of hydrogen-bond donors (Lipinski definition) is 1. The zero-order valence-corrected chi connectivity index (χ0v) is 12.2. The normalized spacial score (nSPS) is 30.9. The third-order valence-corrected chi connectivity index (χ3v) is 4.13. The number of hydrogen-bond acceptors (Lipinski definition) is 3. The predicted molar refractivity (Wildman–Crippen MR) is 71.5 cm³/mol. The van der Waals surface area contributed by atoms with Gasteiger partial charge in [0.25, 0.3) is 0 Å². The molecule has 2 aliphatic heterocycles. The third kappa shape index (κ3) is 2.61. The van der Waals surface area contributed by atoms with Gasteiger partial charge in [0.1, 0.15) is 11.6 Å². The molecular formula is C14H24N2O3. The molecule has 2 saturated heterocycles. The molecule has 2 rings (SSSR count). The minimum Gasteiger partial charge on any atom is -0.376 e. The summed E-state index contributed by atoms with van der Waals surface area (Å²) in [5.41, 5.74) is -0.797. The van der Waals surface area contributed by atoms with E-state index in [2.05, 4.69) is 5.32 Å². The summed E-state index contributed by atoms with van der Waals surface area (Å²) in [4.78, 5) is 26.5. The Labute approximate surface area is 114 Å². The van der Waals surface area contributed by atoms with E-state index < -0.39 is 11.6 Å². The quantitative estimate of drug-likeness (QED) is 0.828. The number of nitrogens with zero attached hydrogens (tertiary/aromatic N) is 1. The van der Waals surface area contributed by atoms with Gasteiger partial charge >= 0.3 is 0 Å². The first kappa shape index (κ1) is 14.3. The van der Waals surface area contributed by atoms with Gasteiger partial charge < -0.3 is 15.0 Å². The Bertz CT molecular complexity index is 373. The summed E-state index contributed by atoms with van der Waals surface area (Å²) in [5, 5.41) is 2.84. The van der Waals surface area contributed by atoms with Crippen LogP contribution in [0.5, 0.6) is 0 Å². The highest BCUT2D eigenvalue weighted by Gasteiger charge is 2.47. The van der Waals surface area contributed by atoms with Crippen molar-refractivity contribution in [1.82, 2.24) is 10.2 Å². The van der Waals surface area contributed by atoms with Gasteiger partial charge in [-0.15, -0.1) is 0 Å². The lowest BCUT2D eigenvalue weighted by atomic mass is 9.91. The number of carbonyl (C=O) groups is 2. The summed E-state index contributed by atoms with van der Waals surface area (Å²) in [5.74, 6) is 0.0263. The summed E-state index contributed by atoms with van der Waals surface area (Å²) in [6.45, 7) is 8.77. The lowest BCUT2D eigenvalue weighted by Gasteiger charge is -2.46. The highest BCUT2D eigenvalue weighted by atomic mass is 16.5. The molecule has 5 heteroatoms. The van der Waals surface area contributed by atoms with Crippen LogP contribution in [0, 0.1) is 5.92 Å². The highest BCUT2D eigenvalue weighted by Crippen LogP contribution is 2.26. The van der Waals surface area contributed by atoms with Crippen LogP contribution in [0.25, 0.3) is 0 Å². The zero-order valence-electron chi connectivity index (χ0n) is 12.2. The molecular weight excluding hydrogens is 244 g/mol. The van der Waals surface area contributed by atoms with Crippen LogP contribution in [-0.2, 0) is 14.3 Å². The minimum absolute atomic E-state index is 0.00935. The van der Waals surface area contributed by atoms with Crippen LogP contribution in [0.1, 0.15) is 40.5 Å². The van der Waals surface area contributed by atoms with Gasteiger partial charge in [-0.1, -0.05) is 13.8 Å². The van der Waals surface area contributed by atoms with Crippen molar-refractivity contribution in [3.63, 3.8) is 0 Å². The van der Waals surface area contributed by atoms with Crippen LogP contribution in [0.2, 0.25) is 0 Å². The fraction of sp³-hybridized carbons (Fsp3) is 0.857. The molecule has 2 heterocycles. The molecule has 0 saturated carbocycles. The Morgan fingerprint density at radius 2 is 2.11 bits per heavy atom. The van der Waals surface area contributed by atoms with Gasteiger partial charge in [0.05, 0.1) is 6.10 Å². The molecule has 0 aromatic heterocycles. The molecule has 108 valence electrons. The number of rotatable bonds is 3. The molecule has 2 atom stereocenters. The van der Waals surface area contributed by atoms with Gasteiger partial charge in [-0.25, -0.2) is 0 Å². The molecule has 0 aromatic carbocycles. The van der Waals surface area contributed by atoms with Crippen molar-refractivity contribution in [2.24, 2.45) is 5.92 Å². The first-order valence-electron chi connectivity index (χ1n) is 7.08. The van der Waals surface area contributed by atoms with Crippen LogP contribution in [0.15, 0.2) is 0 Å². The van der Waals surface area contributed by atoms with E-state index in [-0.39, 0.29) is 23.8 Å². The average molecular weight is 268 g/mol. The van der Waals surface area contributed by atoms with E-state index in [0.29, 0.717) is 6.54 Å². The monoisotopic (exact) mass is 268 g/mol. The number of carbonyl (C=O) groups excluding carboxylic acids is 2. The van der Waals surface area contributed by atoms with E-state index in [1.54, 1.807) is 18.7 Å². The lowest BCUT2D eigenvalue weighted by molar-refractivity contribution is -0.158. The second kappa shape index (κ2) is 5.12. The maximum atomic E-state index is 12.6. The van der Waals surface area contributed by atoms with Gasteiger partial charge in [0.15, 0.2) is 0 Å². The van der Waals surface area contributed by atoms with Crippen molar-refractivity contribution in [3.8, 4) is 0 Å². The average Bonchev–Trinajstić information content (AvgIpc) is 2.82. The molecule has 0 aromatic rings. The van der Waals surface area contributed by atoms with E-state index in [0.717, 1.165) is 19.4 Å². The third-order valence-electron chi connectivity index (χ3n) is 4.13. The molecule has 0 spiro atoms. The predicted octanol–water partition coefficient (Wildman–Crippen LogP) is 0.927. The number of ether oxygens (including phenoxy) is 1.